The van der Waals surface area contributed by atoms with E-state index in [1.165, 1.54) is 13.2 Å². The third-order valence-corrected chi connectivity index (χ3v) is 2.88. The smallest absolute Gasteiger partial charge is 0.373 e. The number of carbonyl (C=O) groups is 1. The van der Waals surface area contributed by atoms with Crippen LogP contribution in [-0.4, -0.2) is 23.2 Å². The van der Waals surface area contributed by atoms with Crippen LogP contribution >= 0.6 is 23.2 Å². The van der Waals surface area contributed by atoms with E-state index in [9.17, 15) is 4.79 Å². The Bertz CT molecular complexity index is 624. The van der Waals surface area contributed by atoms with Crippen molar-refractivity contribution in [2.24, 2.45) is 0 Å². The first kappa shape index (κ1) is 13.9. The molecule has 0 radical (unpaired) electrons. The average molecular weight is 302 g/mol. The molecule has 2 aromatic rings. The van der Waals surface area contributed by atoms with Crippen LogP contribution in [0.15, 0.2) is 22.6 Å². The van der Waals surface area contributed by atoms with Gasteiger partial charge in [-0.2, -0.15) is 0 Å². The molecule has 0 amide bonds. The van der Waals surface area contributed by atoms with Gasteiger partial charge in [-0.25, -0.2) is 9.78 Å². The van der Waals surface area contributed by atoms with E-state index in [1.54, 1.807) is 12.1 Å². The molecule has 0 saturated carbocycles. The third kappa shape index (κ3) is 2.89. The van der Waals surface area contributed by atoms with Crippen molar-refractivity contribution in [1.29, 1.82) is 0 Å². The predicted octanol–water partition coefficient (Wildman–Crippen LogP) is 3.49. The lowest BCUT2D eigenvalue weighted by Crippen LogP contribution is -2.00. The molecule has 0 unspecified atom stereocenters. The normalized spacial score (nSPS) is 10.7. The molecule has 100 valence electrons. The van der Waals surface area contributed by atoms with Crippen molar-refractivity contribution < 1.29 is 19.1 Å². The first-order valence-electron chi connectivity index (χ1n) is 5.20. The number of rotatable bonds is 4. The average Bonchev–Trinajstić information content (AvgIpc) is 2.73. The van der Waals surface area contributed by atoms with Gasteiger partial charge in [0.15, 0.2) is 0 Å². The summed E-state index contributed by atoms with van der Waals surface area (Å²) in [6.45, 7) is 0.0380. The minimum absolute atomic E-state index is 0.0380. The minimum atomic E-state index is -1.21. The topological polar surface area (TPSA) is 72.6 Å². The molecule has 5 nitrogen and oxygen atoms in total. The molecule has 0 aliphatic carbocycles. The number of methoxy groups -OCH3 is 1. The molecule has 0 aliphatic rings. The lowest BCUT2D eigenvalue weighted by molar-refractivity contribution is 0.0656. The van der Waals surface area contributed by atoms with Crippen molar-refractivity contribution in [3.8, 4) is 11.5 Å². The summed E-state index contributed by atoms with van der Waals surface area (Å²) in [4.78, 5) is 15.1. The van der Waals surface area contributed by atoms with Gasteiger partial charge >= 0.3 is 5.97 Å². The van der Waals surface area contributed by atoms with E-state index < -0.39 is 5.97 Å². The van der Waals surface area contributed by atoms with Crippen molar-refractivity contribution in [2.45, 2.75) is 6.61 Å². The van der Waals surface area contributed by atoms with Crippen LogP contribution in [0.1, 0.15) is 16.2 Å². The van der Waals surface area contributed by atoms with E-state index in [1.807, 2.05) is 0 Å². The Balaban J connectivity index is 2.50. The molecule has 1 N–H and O–H groups in total. The summed E-state index contributed by atoms with van der Waals surface area (Å²) in [5, 5.41) is 9.82. The number of benzene rings is 1. The molecule has 1 aromatic heterocycles. The number of carboxylic acids is 1. The molecule has 0 atom stereocenters. The van der Waals surface area contributed by atoms with Gasteiger partial charge in [-0.15, -0.1) is 0 Å². The van der Waals surface area contributed by atoms with Crippen molar-refractivity contribution in [3.63, 3.8) is 0 Å². The Morgan fingerprint density at radius 2 is 2.21 bits per heavy atom. The molecular weight excluding hydrogens is 293 g/mol. The van der Waals surface area contributed by atoms with Gasteiger partial charge in [0.1, 0.15) is 5.69 Å². The fraction of sp³-hybridized carbons (Fsp3) is 0.167. The molecule has 0 spiro atoms. The second-order valence-corrected chi connectivity index (χ2v) is 4.50. The second-order valence-electron chi connectivity index (χ2n) is 3.66. The van der Waals surface area contributed by atoms with Crippen LogP contribution in [0.5, 0.6) is 0 Å². The number of oxazole rings is 1. The highest BCUT2D eigenvalue weighted by atomic mass is 35.5. The molecule has 0 fully saturated rings. The monoisotopic (exact) mass is 301 g/mol. The SMILES string of the molecule is COCc1nc(-c2ccc(Cl)cc2Cl)oc1C(=O)O. The number of carboxylic acid groups (broad SMARTS) is 1. The quantitative estimate of drug-likeness (QED) is 0.936. The van der Waals surface area contributed by atoms with Crippen LogP contribution in [0.4, 0.5) is 0 Å². The van der Waals surface area contributed by atoms with E-state index in [0.29, 0.717) is 15.6 Å². The highest BCUT2D eigenvalue weighted by Crippen LogP contribution is 2.31. The van der Waals surface area contributed by atoms with Crippen molar-refractivity contribution in [3.05, 3.63) is 39.7 Å². The van der Waals surface area contributed by atoms with Crippen molar-refractivity contribution in [1.82, 2.24) is 4.98 Å². The first-order chi connectivity index (χ1) is 9.02. The second kappa shape index (κ2) is 5.61. The van der Waals surface area contributed by atoms with Gasteiger partial charge in [0.25, 0.3) is 0 Å². The van der Waals surface area contributed by atoms with Crippen LogP contribution in [0.25, 0.3) is 11.5 Å². The maximum absolute atomic E-state index is 11.0. The number of aromatic nitrogens is 1. The Kier molecular flexibility index (Phi) is 4.09. The summed E-state index contributed by atoms with van der Waals surface area (Å²) in [5.74, 6) is -1.36. The summed E-state index contributed by atoms with van der Waals surface area (Å²) in [5.41, 5.74) is 0.673. The van der Waals surface area contributed by atoms with Gasteiger partial charge in [-0.3, -0.25) is 0 Å². The Labute approximate surface area is 118 Å². The minimum Gasteiger partial charge on any atom is -0.475 e. The summed E-state index contributed by atoms with van der Waals surface area (Å²) in [6, 6.07) is 4.75. The molecule has 0 saturated heterocycles. The molecule has 7 heteroatoms. The highest BCUT2D eigenvalue weighted by molar-refractivity contribution is 6.36. The van der Waals surface area contributed by atoms with Crippen LogP contribution in [0.2, 0.25) is 10.0 Å². The van der Waals surface area contributed by atoms with Crippen LogP contribution in [-0.2, 0) is 11.3 Å². The molecule has 1 heterocycles. The number of hydrogen-bond donors (Lipinski definition) is 1. The number of aromatic carboxylic acids is 1. The van der Waals surface area contributed by atoms with Gasteiger partial charge in [0.2, 0.25) is 11.7 Å². The van der Waals surface area contributed by atoms with Gasteiger partial charge in [-0.1, -0.05) is 23.2 Å². The predicted molar refractivity (Wildman–Crippen MR) is 69.6 cm³/mol. The number of halogens is 2. The molecule has 2 rings (SSSR count). The molecule has 19 heavy (non-hydrogen) atoms. The zero-order chi connectivity index (χ0) is 14.0. The molecule has 0 aliphatic heterocycles. The van der Waals surface area contributed by atoms with E-state index in [4.69, 9.17) is 37.5 Å². The number of nitrogens with zero attached hydrogens (tertiary/aromatic N) is 1. The number of hydrogen-bond acceptors (Lipinski definition) is 4. The van der Waals surface area contributed by atoms with Gasteiger partial charge in [-0.05, 0) is 18.2 Å². The molecule has 1 aromatic carbocycles. The van der Waals surface area contributed by atoms with Crippen LogP contribution < -0.4 is 0 Å². The third-order valence-electron chi connectivity index (χ3n) is 2.33. The van der Waals surface area contributed by atoms with Gasteiger partial charge < -0.3 is 14.3 Å². The number of ether oxygens (including phenoxy) is 1. The lowest BCUT2D eigenvalue weighted by Gasteiger charge is -1.99. The Hall–Kier alpha value is -1.56. The molecular formula is C12H9Cl2NO4. The Morgan fingerprint density at radius 1 is 1.47 bits per heavy atom. The van der Waals surface area contributed by atoms with E-state index >= 15 is 0 Å². The molecule has 0 bridgehead atoms. The van der Waals surface area contributed by atoms with Gasteiger partial charge in [0, 0.05) is 12.1 Å². The summed E-state index contributed by atoms with van der Waals surface area (Å²) < 4.78 is 10.1. The lowest BCUT2D eigenvalue weighted by atomic mass is 10.2. The van der Waals surface area contributed by atoms with Gasteiger partial charge in [0.05, 0.1) is 17.2 Å². The highest BCUT2D eigenvalue weighted by Gasteiger charge is 2.21. The summed E-state index contributed by atoms with van der Waals surface area (Å²) in [6.07, 6.45) is 0. The maximum atomic E-state index is 11.0. The fourth-order valence-corrected chi connectivity index (χ4v) is 2.02. The van der Waals surface area contributed by atoms with Crippen LogP contribution in [0, 0.1) is 0 Å². The Morgan fingerprint density at radius 3 is 2.79 bits per heavy atom. The largest absolute Gasteiger partial charge is 0.475 e. The first-order valence-corrected chi connectivity index (χ1v) is 5.96. The summed E-state index contributed by atoms with van der Waals surface area (Å²) >= 11 is 11.8. The van der Waals surface area contributed by atoms with Crippen molar-refractivity contribution >= 4 is 29.2 Å². The zero-order valence-corrected chi connectivity index (χ0v) is 11.3. The van der Waals surface area contributed by atoms with E-state index in [0.717, 1.165) is 0 Å². The fourth-order valence-electron chi connectivity index (χ4n) is 1.53. The van der Waals surface area contributed by atoms with Crippen molar-refractivity contribution in [2.75, 3.05) is 7.11 Å². The maximum Gasteiger partial charge on any atom is 0.373 e. The van der Waals surface area contributed by atoms with E-state index in [-0.39, 0.29) is 24.0 Å². The standard InChI is InChI=1S/C12H9Cl2NO4/c1-18-5-9-10(12(16)17)19-11(15-9)7-3-2-6(13)4-8(7)14/h2-4H,5H2,1H3,(H,16,17). The summed E-state index contributed by atoms with van der Waals surface area (Å²) in [7, 11) is 1.44. The zero-order valence-electron chi connectivity index (χ0n) is 9.81. The van der Waals surface area contributed by atoms with Crippen LogP contribution in [0.3, 0.4) is 0 Å². The van der Waals surface area contributed by atoms with E-state index in [2.05, 4.69) is 4.98 Å².